The summed E-state index contributed by atoms with van der Waals surface area (Å²) in [6, 6.07) is 7.88. The van der Waals surface area contributed by atoms with Crippen molar-refractivity contribution in [3.05, 3.63) is 46.5 Å². The van der Waals surface area contributed by atoms with Crippen LogP contribution < -0.4 is 0 Å². The molecule has 1 aromatic carbocycles. The quantitative estimate of drug-likeness (QED) is 0.817. The van der Waals surface area contributed by atoms with Crippen molar-refractivity contribution in [2.75, 3.05) is 0 Å². The first-order chi connectivity index (χ1) is 8.33. The highest BCUT2D eigenvalue weighted by atomic mass is 35.5. The van der Waals surface area contributed by atoms with Crippen LogP contribution in [0.25, 0.3) is 0 Å². The van der Waals surface area contributed by atoms with Crippen LogP contribution in [0.2, 0.25) is 5.02 Å². The van der Waals surface area contributed by atoms with E-state index in [0.29, 0.717) is 0 Å². The van der Waals surface area contributed by atoms with Crippen LogP contribution in [0.1, 0.15) is 30.1 Å². The van der Waals surface area contributed by atoms with Gasteiger partial charge < -0.3 is 0 Å². The summed E-state index contributed by atoms with van der Waals surface area (Å²) in [5.41, 5.74) is 1.09. The zero-order chi connectivity index (χ0) is 11.7. The molecule has 0 spiro atoms. The molecule has 0 atom stereocenters. The average molecular weight is 248 g/mol. The van der Waals surface area contributed by atoms with Gasteiger partial charge in [0.1, 0.15) is 5.82 Å². The third kappa shape index (κ3) is 2.20. The Labute approximate surface area is 105 Å². The van der Waals surface area contributed by atoms with Crippen LogP contribution in [0.15, 0.2) is 24.3 Å². The van der Waals surface area contributed by atoms with Gasteiger partial charge in [-0.2, -0.15) is 5.10 Å². The van der Waals surface area contributed by atoms with Gasteiger partial charge in [-0.15, -0.1) is 0 Å². The Bertz CT molecular complexity index is 510. The molecule has 2 heterocycles. The van der Waals surface area contributed by atoms with Gasteiger partial charge in [0.15, 0.2) is 5.82 Å². The minimum Gasteiger partial charge on any atom is -0.250 e. The Morgan fingerprint density at radius 1 is 1.24 bits per heavy atom. The van der Waals surface area contributed by atoms with E-state index in [9.17, 15) is 0 Å². The van der Waals surface area contributed by atoms with Crippen LogP contribution in [-0.4, -0.2) is 14.8 Å². The van der Waals surface area contributed by atoms with E-state index in [1.807, 2.05) is 28.9 Å². The molecular formula is C13H14ClN3. The van der Waals surface area contributed by atoms with Gasteiger partial charge in [-0.3, -0.25) is 0 Å². The van der Waals surface area contributed by atoms with Gasteiger partial charge in [0.05, 0.1) is 0 Å². The number of fused-ring (bicyclic) bond motifs is 1. The van der Waals surface area contributed by atoms with Crippen molar-refractivity contribution in [1.82, 2.24) is 14.8 Å². The summed E-state index contributed by atoms with van der Waals surface area (Å²) in [5, 5.41) is 5.33. The second-order valence-corrected chi connectivity index (χ2v) is 4.80. The molecule has 3 rings (SSSR count). The van der Waals surface area contributed by atoms with E-state index in [-0.39, 0.29) is 0 Å². The summed E-state index contributed by atoms with van der Waals surface area (Å²) in [6.07, 6.45) is 4.21. The number of hydrogen-bond donors (Lipinski definition) is 0. The van der Waals surface area contributed by atoms with Gasteiger partial charge >= 0.3 is 0 Å². The second kappa shape index (κ2) is 4.49. The third-order valence-corrected chi connectivity index (χ3v) is 3.49. The number of halogens is 1. The van der Waals surface area contributed by atoms with E-state index in [1.165, 1.54) is 12.8 Å². The molecule has 0 radical (unpaired) electrons. The van der Waals surface area contributed by atoms with Crippen LogP contribution in [0.5, 0.6) is 0 Å². The monoisotopic (exact) mass is 247 g/mol. The molecule has 0 N–H and O–H groups in total. The molecular weight excluding hydrogens is 234 g/mol. The van der Waals surface area contributed by atoms with Gasteiger partial charge in [-0.25, -0.2) is 9.67 Å². The Balaban J connectivity index is 1.86. The predicted octanol–water partition coefficient (Wildman–Crippen LogP) is 2.86. The number of nitrogens with zero attached hydrogens (tertiary/aromatic N) is 3. The van der Waals surface area contributed by atoms with E-state index in [2.05, 4.69) is 10.1 Å². The highest BCUT2D eigenvalue weighted by Crippen LogP contribution is 2.19. The fraction of sp³-hybridized carbons (Fsp3) is 0.385. The zero-order valence-corrected chi connectivity index (χ0v) is 10.3. The third-order valence-electron chi connectivity index (χ3n) is 3.12. The number of aryl methyl sites for hydroxylation is 2. The molecule has 88 valence electrons. The fourth-order valence-electron chi connectivity index (χ4n) is 2.22. The fourth-order valence-corrected chi connectivity index (χ4v) is 2.42. The first-order valence-corrected chi connectivity index (χ1v) is 6.37. The van der Waals surface area contributed by atoms with Gasteiger partial charge in [-0.05, 0) is 24.5 Å². The second-order valence-electron chi connectivity index (χ2n) is 4.39. The molecule has 17 heavy (non-hydrogen) atoms. The topological polar surface area (TPSA) is 30.7 Å². The van der Waals surface area contributed by atoms with Gasteiger partial charge in [0.25, 0.3) is 0 Å². The van der Waals surface area contributed by atoms with E-state index < -0.39 is 0 Å². The van der Waals surface area contributed by atoms with Crippen molar-refractivity contribution >= 4 is 11.6 Å². The van der Waals surface area contributed by atoms with Crippen molar-refractivity contribution in [2.45, 2.75) is 32.2 Å². The van der Waals surface area contributed by atoms with E-state index in [0.717, 1.165) is 41.6 Å². The molecule has 0 amide bonds. The number of rotatable bonds is 2. The summed E-state index contributed by atoms with van der Waals surface area (Å²) in [7, 11) is 0. The van der Waals surface area contributed by atoms with Crippen LogP contribution >= 0.6 is 11.6 Å². The van der Waals surface area contributed by atoms with Crippen molar-refractivity contribution in [3.8, 4) is 0 Å². The lowest BCUT2D eigenvalue weighted by Crippen LogP contribution is -2.11. The van der Waals surface area contributed by atoms with E-state index in [1.54, 1.807) is 0 Å². The molecule has 0 saturated carbocycles. The Kier molecular flexibility index (Phi) is 2.85. The normalized spacial score (nSPS) is 14.6. The smallest absolute Gasteiger partial charge is 0.155 e. The van der Waals surface area contributed by atoms with E-state index >= 15 is 0 Å². The Hall–Kier alpha value is -1.35. The van der Waals surface area contributed by atoms with Crippen molar-refractivity contribution in [2.24, 2.45) is 0 Å². The van der Waals surface area contributed by atoms with Crippen molar-refractivity contribution in [3.63, 3.8) is 0 Å². The molecule has 0 fully saturated rings. The predicted molar refractivity (Wildman–Crippen MR) is 67.2 cm³/mol. The largest absolute Gasteiger partial charge is 0.250 e. The first kappa shape index (κ1) is 10.8. The maximum absolute atomic E-state index is 6.14. The minimum absolute atomic E-state index is 0.722. The molecule has 0 bridgehead atoms. The van der Waals surface area contributed by atoms with Gasteiger partial charge in [0, 0.05) is 24.4 Å². The van der Waals surface area contributed by atoms with Crippen LogP contribution in [0, 0.1) is 0 Å². The molecule has 1 aliphatic rings. The summed E-state index contributed by atoms with van der Waals surface area (Å²) in [6.45, 7) is 1.00. The Morgan fingerprint density at radius 2 is 2.12 bits per heavy atom. The maximum Gasteiger partial charge on any atom is 0.155 e. The van der Waals surface area contributed by atoms with Gasteiger partial charge in [-0.1, -0.05) is 29.8 Å². The summed E-state index contributed by atoms with van der Waals surface area (Å²) in [4.78, 5) is 4.58. The minimum atomic E-state index is 0.722. The highest BCUT2D eigenvalue weighted by molar-refractivity contribution is 6.31. The molecule has 2 aromatic rings. The Morgan fingerprint density at radius 3 is 2.94 bits per heavy atom. The zero-order valence-electron chi connectivity index (χ0n) is 9.56. The molecule has 0 aliphatic carbocycles. The van der Waals surface area contributed by atoms with Gasteiger partial charge in [0.2, 0.25) is 0 Å². The van der Waals surface area contributed by atoms with E-state index in [4.69, 9.17) is 11.6 Å². The molecule has 1 aromatic heterocycles. The molecule has 0 unspecified atom stereocenters. The van der Waals surface area contributed by atoms with Crippen LogP contribution in [-0.2, 0) is 19.4 Å². The summed E-state index contributed by atoms with van der Waals surface area (Å²) < 4.78 is 2.04. The molecule has 4 heteroatoms. The summed E-state index contributed by atoms with van der Waals surface area (Å²) >= 11 is 6.14. The SMILES string of the molecule is Clc1ccccc1Cc1nc2n(n1)CCCC2. The lowest BCUT2D eigenvalue weighted by atomic mass is 10.1. The van der Waals surface area contributed by atoms with Crippen LogP contribution in [0.3, 0.4) is 0 Å². The molecule has 3 nitrogen and oxygen atoms in total. The first-order valence-electron chi connectivity index (χ1n) is 5.99. The van der Waals surface area contributed by atoms with Crippen molar-refractivity contribution in [1.29, 1.82) is 0 Å². The molecule has 0 saturated heterocycles. The highest BCUT2D eigenvalue weighted by Gasteiger charge is 2.14. The standard InChI is InChI=1S/C13H14ClN3/c14-11-6-2-1-5-10(11)9-12-15-13-7-3-4-8-17(13)16-12/h1-2,5-6H,3-4,7-9H2. The number of benzene rings is 1. The van der Waals surface area contributed by atoms with Crippen LogP contribution in [0.4, 0.5) is 0 Å². The number of aromatic nitrogens is 3. The average Bonchev–Trinajstić information content (AvgIpc) is 2.74. The summed E-state index contributed by atoms with van der Waals surface area (Å²) in [5.74, 6) is 2.01. The number of hydrogen-bond acceptors (Lipinski definition) is 2. The lowest BCUT2D eigenvalue weighted by molar-refractivity contribution is 0.478. The lowest BCUT2D eigenvalue weighted by Gasteiger charge is -2.09. The van der Waals surface area contributed by atoms with Crippen molar-refractivity contribution < 1.29 is 0 Å². The maximum atomic E-state index is 6.14. The molecule has 1 aliphatic heterocycles.